The van der Waals surface area contributed by atoms with Gasteiger partial charge in [-0.15, -0.1) is 0 Å². The number of hydrogen-bond acceptors (Lipinski definition) is 3. The van der Waals surface area contributed by atoms with E-state index >= 15 is 0 Å². The molecule has 0 unspecified atom stereocenters. The average molecular weight is 359 g/mol. The maximum absolute atomic E-state index is 12.7. The van der Waals surface area contributed by atoms with Crippen molar-refractivity contribution in [3.05, 3.63) is 33.8 Å². The van der Waals surface area contributed by atoms with Crippen molar-refractivity contribution in [3.8, 4) is 0 Å². The van der Waals surface area contributed by atoms with E-state index in [1.165, 1.54) is 18.0 Å². The van der Waals surface area contributed by atoms with Crippen LogP contribution in [0.1, 0.15) is 23.2 Å². The molecule has 124 valence electrons. The summed E-state index contributed by atoms with van der Waals surface area (Å²) >= 11 is 12.0. The van der Waals surface area contributed by atoms with Gasteiger partial charge in [0.25, 0.3) is 5.91 Å². The molecule has 0 aliphatic carbocycles. The lowest BCUT2D eigenvalue weighted by atomic mass is 9.91. The first-order valence-electron chi connectivity index (χ1n) is 7.06. The van der Waals surface area contributed by atoms with E-state index in [0.29, 0.717) is 6.42 Å². The molecule has 1 heterocycles. The van der Waals surface area contributed by atoms with Crippen molar-refractivity contribution < 1.29 is 19.5 Å². The highest BCUT2D eigenvalue weighted by Gasteiger charge is 2.39. The molecule has 1 aromatic carbocycles. The van der Waals surface area contributed by atoms with Crippen molar-refractivity contribution >= 4 is 41.0 Å². The zero-order valence-electron chi connectivity index (χ0n) is 12.4. The SMILES string of the molecule is CNC(=O)[C@H]1CC[C@@H](C(=O)O)N(C(=O)c2cccc(Cl)c2Cl)C1. The molecule has 0 bridgehead atoms. The van der Waals surface area contributed by atoms with Crippen molar-refractivity contribution in [2.45, 2.75) is 18.9 Å². The fraction of sp³-hybridized carbons (Fsp3) is 0.400. The largest absolute Gasteiger partial charge is 0.480 e. The van der Waals surface area contributed by atoms with Gasteiger partial charge in [0, 0.05) is 13.6 Å². The van der Waals surface area contributed by atoms with Crippen LogP contribution in [0.15, 0.2) is 18.2 Å². The van der Waals surface area contributed by atoms with Gasteiger partial charge in [0.05, 0.1) is 21.5 Å². The van der Waals surface area contributed by atoms with E-state index in [2.05, 4.69) is 5.32 Å². The number of rotatable bonds is 3. The molecule has 0 aromatic heterocycles. The van der Waals surface area contributed by atoms with E-state index in [4.69, 9.17) is 23.2 Å². The lowest BCUT2D eigenvalue weighted by molar-refractivity contribution is -0.145. The van der Waals surface area contributed by atoms with E-state index in [1.54, 1.807) is 12.1 Å². The third-order valence-electron chi connectivity index (χ3n) is 3.93. The summed E-state index contributed by atoms with van der Waals surface area (Å²) in [6.45, 7) is 0.0261. The highest BCUT2D eigenvalue weighted by Crippen LogP contribution is 2.30. The van der Waals surface area contributed by atoms with E-state index < -0.39 is 23.8 Å². The lowest BCUT2D eigenvalue weighted by Crippen LogP contribution is -2.53. The maximum atomic E-state index is 12.7. The van der Waals surface area contributed by atoms with Crippen LogP contribution >= 0.6 is 23.2 Å². The Balaban J connectivity index is 2.34. The van der Waals surface area contributed by atoms with E-state index in [0.717, 1.165) is 0 Å². The first-order valence-corrected chi connectivity index (χ1v) is 7.81. The van der Waals surface area contributed by atoms with Crippen LogP contribution < -0.4 is 5.32 Å². The second kappa shape index (κ2) is 7.19. The Morgan fingerprint density at radius 3 is 2.57 bits per heavy atom. The quantitative estimate of drug-likeness (QED) is 0.865. The number of carboxylic acid groups (broad SMARTS) is 1. The molecule has 1 fully saturated rings. The van der Waals surface area contributed by atoms with Gasteiger partial charge in [-0.3, -0.25) is 9.59 Å². The molecule has 2 rings (SSSR count). The summed E-state index contributed by atoms with van der Waals surface area (Å²) in [4.78, 5) is 37.2. The molecular weight excluding hydrogens is 343 g/mol. The highest BCUT2D eigenvalue weighted by atomic mass is 35.5. The first-order chi connectivity index (χ1) is 10.9. The highest BCUT2D eigenvalue weighted by molar-refractivity contribution is 6.43. The molecule has 2 N–H and O–H groups in total. The molecule has 6 nitrogen and oxygen atoms in total. The summed E-state index contributed by atoms with van der Waals surface area (Å²) in [7, 11) is 1.51. The third kappa shape index (κ3) is 3.59. The Labute approximate surface area is 143 Å². The van der Waals surface area contributed by atoms with Crippen LogP contribution in [0.3, 0.4) is 0 Å². The molecule has 1 aliphatic heterocycles. The summed E-state index contributed by atoms with van der Waals surface area (Å²) in [5.74, 6) is -2.31. The number of hydrogen-bond donors (Lipinski definition) is 2. The van der Waals surface area contributed by atoms with Gasteiger partial charge in [-0.05, 0) is 25.0 Å². The molecule has 2 amide bonds. The monoisotopic (exact) mass is 358 g/mol. The van der Waals surface area contributed by atoms with Gasteiger partial charge in [-0.1, -0.05) is 29.3 Å². The molecule has 2 atom stereocenters. The Bertz CT molecular complexity index is 650. The minimum atomic E-state index is -1.10. The first kappa shape index (κ1) is 17.6. The van der Waals surface area contributed by atoms with Gasteiger partial charge in [0.15, 0.2) is 0 Å². The number of aliphatic carboxylic acids is 1. The second-order valence-corrected chi connectivity index (χ2v) is 6.09. The van der Waals surface area contributed by atoms with Crippen LogP contribution in [0.25, 0.3) is 0 Å². The third-order valence-corrected chi connectivity index (χ3v) is 4.75. The molecule has 0 spiro atoms. The van der Waals surface area contributed by atoms with Crippen LogP contribution in [-0.2, 0) is 9.59 Å². The smallest absolute Gasteiger partial charge is 0.326 e. The summed E-state index contributed by atoms with van der Waals surface area (Å²) in [6, 6.07) is 3.60. The molecule has 23 heavy (non-hydrogen) atoms. The van der Waals surface area contributed by atoms with Crippen LogP contribution in [0.4, 0.5) is 0 Å². The van der Waals surface area contributed by atoms with Crippen LogP contribution in [0.2, 0.25) is 10.0 Å². The summed E-state index contributed by atoms with van der Waals surface area (Å²) < 4.78 is 0. The Hall–Kier alpha value is -1.79. The fourth-order valence-corrected chi connectivity index (χ4v) is 3.08. The Morgan fingerprint density at radius 1 is 1.26 bits per heavy atom. The number of nitrogens with zero attached hydrogens (tertiary/aromatic N) is 1. The standard InChI is InChI=1S/C15H16Cl2N2O4/c1-18-13(20)8-5-6-11(15(22)23)19(7-8)14(21)9-3-2-4-10(16)12(9)17/h2-4,8,11H,5-7H2,1H3,(H,18,20)(H,22,23)/t8-,11-/m0/s1. The number of halogens is 2. The number of amides is 2. The van der Waals surface area contributed by atoms with Crippen LogP contribution in [-0.4, -0.2) is 47.4 Å². The van der Waals surface area contributed by atoms with E-state index in [9.17, 15) is 19.5 Å². The summed E-state index contributed by atoms with van der Waals surface area (Å²) in [5.41, 5.74) is 0.128. The van der Waals surface area contributed by atoms with Gasteiger partial charge in [-0.25, -0.2) is 4.79 Å². The summed E-state index contributed by atoms with van der Waals surface area (Å²) in [6.07, 6.45) is 0.612. The normalized spacial score (nSPS) is 20.9. The number of carbonyl (C=O) groups is 3. The number of carboxylic acids is 1. The number of likely N-dealkylation sites (tertiary alicyclic amines) is 1. The van der Waals surface area contributed by atoms with Gasteiger partial charge in [0.2, 0.25) is 5.91 Å². The predicted octanol–water partition coefficient (Wildman–Crippen LogP) is 2.04. The molecule has 1 aliphatic rings. The number of carbonyl (C=O) groups excluding carboxylic acids is 2. The van der Waals surface area contributed by atoms with Gasteiger partial charge in [-0.2, -0.15) is 0 Å². The molecule has 1 aromatic rings. The van der Waals surface area contributed by atoms with E-state index in [1.807, 2.05) is 0 Å². The minimum Gasteiger partial charge on any atom is -0.480 e. The molecule has 8 heteroatoms. The molecule has 0 radical (unpaired) electrons. The van der Waals surface area contributed by atoms with Gasteiger partial charge in [0.1, 0.15) is 6.04 Å². The minimum absolute atomic E-state index is 0.0261. The van der Waals surface area contributed by atoms with Crippen molar-refractivity contribution in [2.75, 3.05) is 13.6 Å². The average Bonchev–Trinajstić information content (AvgIpc) is 2.55. The Morgan fingerprint density at radius 2 is 1.96 bits per heavy atom. The van der Waals surface area contributed by atoms with E-state index in [-0.39, 0.29) is 34.5 Å². The van der Waals surface area contributed by atoms with Crippen LogP contribution in [0.5, 0.6) is 0 Å². The topological polar surface area (TPSA) is 86.7 Å². The van der Waals surface area contributed by atoms with Crippen LogP contribution in [0, 0.1) is 5.92 Å². The molecular formula is C15H16Cl2N2O4. The molecule has 1 saturated heterocycles. The summed E-state index contributed by atoms with van der Waals surface area (Å²) in [5, 5.41) is 12.2. The molecule has 0 saturated carbocycles. The van der Waals surface area contributed by atoms with Crippen molar-refractivity contribution in [1.29, 1.82) is 0 Å². The van der Waals surface area contributed by atoms with Crippen molar-refractivity contribution in [3.63, 3.8) is 0 Å². The fourth-order valence-electron chi connectivity index (χ4n) is 2.69. The number of nitrogens with one attached hydrogen (secondary N) is 1. The van der Waals surface area contributed by atoms with Crippen molar-refractivity contribution in [2.24, 2.45) is 5.92 Å². The van der Waals surface area contributed by atoms with Gasteiger partial charge >= 0.3 is 5.97 Å². The zero-order valence-corrected chi connectivity index (χ0v) is 13.9. The maximum Gasteiger partial charge on any atom is 0.326 e. The second-order valence-electron chi connectivity index (χ2n) is 5.30. The zero-order chi connectivity index (χ0) is 17.1. The number of piperidine rings is 1. The predicted molar refractivity (Wildman–Crippen MR) is 85.7 cm³/mol. The van der Waals surface area contributed by atoms with Gasteiger partial charge < -0.3 is 15.3 Å². The number of benzene rings is 1. The van der Waals surface area contributed by atoms with Crippen molar-refractivity contribution in [1.82, 2.24) is 10.2 Å². The Kier molecular flexibility index (Phi) is 5.49. The lowest BCUT2D eigenvalue weighted by Gasteiger charge is -2.37.